The van der Waals surface area contributed by atoms with Gasteiger partial charge in [-0.25, -0.2) is 4.98 Å². The van der Waals surface area contributed by atoms with Crippen LogP contribution in [-0.2, 0) is 0 Å². The molecule has 24 heavy (non-hydrogen) atoms. The SMILES string of the molecule is O=C(NCC(O)c1ccc([N+](=O)[O-])cc1)c1ccc2ncsc2c1. The summed E-state index contributed by atoms with van der Waals surface area (Å²) < 4.78 is 0.915. The fourth-order valence-electron chi connectivity index (χ4n) is 2.22. The number of aliphatic hydroxyl groups excluding tert-OH is 1. The summed E-state index contributed by atoms with van der Waals surface area (Å²) in [7, 11) is 0. The molecular weight excluding hydrogens is 330 g/mol. The first-order valence-corrected chi connectivity index (χ1v) is 7.96. The Morgan fingerprint density at radius 2 is 2.04 bits per heavy atom. The van der Waals surface area contributed by atoms with E-state index in [4.69, 9.17) is 0 Å². The average Bonchev–Trinajstić information content (AvgIpc) is 3.07. The molecule has 1 unspecified atom stereocenters. The van der Waals surface area contributed by atoms with Gasteiger partial charge in [-0.3, -0.25) is 14.9 Å². The number of rotatable bonds is 5. The molecule has 1 heterocycles. The maximum Gasteiger partial charge on any atom is 0.269 e. The molecule has 2 N–H and O–H groups in total. The summed E-state index contributed by atoms with van der Waals surface area (Å²) in [5, 5.41) is 23.4. The number of non-ortho nitro benzene ring substituents is 1. The molecule has 0 saturated heterocycles. The van der Waals surface area contributed by atoms with Gasteiger partial charge >= 0.3 is 0 Å². The fourth-order valence-corrected chi connectivity index (χ4v) is 2.94. The van der Waals surface area contributed by atoms with Crippen LogP contribution in [0.5, 0.6) is 0 Å². The van der Waals surface area contributed by atoms with E-state index in [1.807, 2.05) is 0 Å². The first-order chi connectivity index (χ1) is 11.5. The molecule has 122 valence electrons. The van der Waals surface area contributed by atoms with Crippen molar-refractivity contribution < 1.29 is 14.8 Å². The summed E-state index contributed by atoms with van der Waals surface area (Å²) in [5.74, 6) is -0.300. The van der Waals surface area contributed by atoms with E-state index in [-0.39, 0.29) is 18.1 Å². The second-order valence-corrected chi connectivity index (χ2v) is 6.00. The number of aromatic nitrogens is 1. The number of nitrogens with one attached hydrogen (secondary N) is 1. The molecule has 2 aromatic carbocycles. The maximum absolute atomic E-state index is 12.2. The molecule has 0 bridgehead atoms. The van der Waals surface area contributed by atoms with Crippen molar-refractivity contribution in [1.29, 1.82) is 0 Å². The van der Waals surface area contributed by atoms with Crippen LogP contribution in [0.1, 0.15) is 22.0 Å². The predicted molar refractivity (Wildman–Crippen MR) is 90.0 cm³/mol. The number of benzene rings is 2. The van der Waals surface area contributed by atoms with Crippen molar-refractivity contribution in [3.05, 3.63) is 69.2 Å². The smallest absolute Gasteiger partial charge is 0.269 e. The van der Waals surface area contributed by atoms with Gasteiger partial charge in [0.2, 0.25) is 0 Å². The molecule has 3 aromatic rings. The van der Waals surface area contributed by atoms with Crippen molar-refractivity contribution in [2.24, 2.45) is 0 Å². The number of nitrogens with zero attached hydrogens (tertiary/aromatic N) is 2. The van der Waals surface area contributed by atoms with Gasteiger partial charge in [0, 0.05) is 24.2 Å². The van der Waals surface area contributed by atoms with E-state index in [1.54, 1.807) is 23.7 Å². The Morgan fingerprint density at radius 1 is 1.29 bits per heavy atom. The summed E-state index contributed by atoms with van der Waals surface area (Å²) in [6, 6.07) is 10.8. The number of carbonyl (C=O) groups is 1. The third-order valence-corrected chi connectivity index (χ3v) is 4.33. The van der Waals surface area contributed by atoms with E-state index in [0.29, 0.717) is 11.1 Å². The lowest BCUT2D eigenvalue weighted by Crippen LogP contribution is -2.28. The van der Waals surface area contributed by atoms with Gasteiger partial charge in [0.05, 0.1) is 26.8 Å². The number of fused-ring (bicyclic) bond motifs is 1. The molecule has 0 aliphatic carbocycles. The molecule has 1 atom stereocenters. The number of thiazole rings is 1. The number of carbonyl (C=O) groups excluding carboxylic acids is 1. The van der Waals surface area contributed by atoms with Crippen molar-refractivity contribution in [1.82, 2.24) is 10.3 Å². The van der Waals surface area contributed by atoms with E-state index in [1.165, 1.54) is 35.6 Å². The fraction of sp³-hybridized carbons (Fsp3) is 0.125. The molecule has 8 heteroatoms. The molecule has 0 saturated carbocycles. The lowest BCUT2D eigenvalue weighted by molar-refractivity contribution is -0.384. The standard InChI is InChI=1S/C16H13N3O4S/c20-14(10-1-4-12(5-2-10)19(22)23)8-17-16(21)11-3-6-13-15(7-11)24-9-18-13/h1-7,9,14,20H,8H2,(H,17,21). The number of hydrogen-bond donors (Lipinski definition) is 2. The Labute approximate surface area is 140 Å². The highest BCUT2D eigenvalue weighted by Crippen LogP contribution is 2.20. The molecule has 0 radical (unpaired) electrons. The van der Waals surface area contributed by atoms with Crippen LogP contribution in [0.2, 0.25) is 0 Å². The van der Waals surface area contributed by atoms with Crippen LogP contribution in [0.25, 0.3) is 10.2 Å². The zero-order chi connectivity index (χ0) is 17.1. The number of amides is 1. The minimum absolute atomic E-state index is 0.0113. The Hall–Kier alpha value is -2.84. The zero-order valence-electron chi connectivity index (χ0n) is 12.4. The van der Waals surface area contributed by atoms with E-state index in [9.17, 15) is 20.0 Å². The van der Waals surface area contributed by atoms with E-state index >= 15 is 0 Å². The van der Waals surface area contributed by atoms with Gasteiger partial charge in [0.25, 0.3) is 11.6 Å². The van der Waals surface area contributed by atoms with Crippen LogP contribution in [-0.4, -0.2) is 27.5 Å². The Kier molecular flexibility index (Phi) is 4.50. The van der Waals surface area contributed by atoms with Crippen molar-refractivity contribution in [3.8, 4) is 0 Å². The van der Waals surface area contributed by atoms with Gasteiger partial charge < -0.3 is 10.4 Å². The maximum atomic E-state index is 12.2. The predicted octanol–water partition coefficient (Wildman–Crippen LogP) is 2.67. The summed E-state index contributed by atoms with van der Waals surface area (Å²) >= 11 is 1.45. The van der Waals surface area contributed by atoms with Crippen LogP contribution in [0.4, 0.5) is 5.69 Å². The molecule has 0 fully saturated rings. The number of hydrogen-bond acceptors (Lipinski definition) is 6. The number of nitro groups is 1. The highest BCUT2D eigenvalue weighted by molar-refractivity contribution is 7.16. The van der Waals surface area contributed by atoms with Gasteiger partial charge in [-0.15, -0.1) is 11.3 Å². The Morgan fingerprint density at radius 3 is 2.75 bits per heavy atom. The second kappa shape index (κ2) is 6.73. The van der Waals surface area contributed by atoms with Crippen LogP contribution in [0.15, 0.2) is 48.0 Å². The topological polar surface area (TPSA) is 105 Å². The first-order valence-electron chi connectivity index (χ1n) is 7.08. The van der Waals surface area contributed by atoms with Gasteiger partial charge in [-0.1, -0.05) is 0 Å². The minimum atomic E-state index is -0.943. The van der Waals surface area contributed by atoms with Crippen LogP contribution in [0.3, 0.4) is 0 Å². The quantitative estimate of drug-likeness (QED) is 0.547. The van der Waals surface area contributed by atoms with E-state index in [0.717, 1.165) is 10.2 Å². The molecule has 1 aromatic heterocycles. The minimum Gasteiger partial charge on any atom is -0.387 e. The summed E-state index contributed by atoms with van der Waals surface area (Å²) in [5.41, 5.74) is 3.49. The van der Waals surface area contributed by atoms with E-state index < -0.39 is 11.0 Å². The third-order valence-electron chi connectivity index (χ3n) is 3.54. The van der Waals surface area contributed by atoms with Crippen molar-refractivity contribution >= 4 is 33.1 Å². The lowest BCUT2D eigenvalue weighted by Gasteiger charge is -2.12. The molecule has 0 spiro atoms. The highest BCUT2D eigenvalue weighted by Gasteiger charge is 2.13. The molecule has 7 nitrogen and oxygen atoms in total. The largest absolute Gasteiger partial charge is 0.387 e. The molecule has 0 aliphatic heterocycles. The van der Waals surface area contributed by atoms with Crippen molar-refractivity contribution in [2.45, 2.75) is 6.10 Å². The molecule has 1 amide bonds. The van der Waals surface area contributed by atoms with Crippen LogP contribution in [0, 0.1) is 10.1 Å². The van der Waals surface area contributed by atoms with Gasteiger partial charge in [-0.2, -0.15) is 0 Å². The number of nitro benzene ring substituents is 1. The summed E-state index contributed by atoms with van der Waals surface area (Å²) in [6.45, 7) is 0.0113. The van der Waals surface area contributed by atoms with E-state index in [2.05, 4.69) is 10.3 Å². The Balaban J connectivity index is 1.63. The van der Waals surface area contributed by atoms with Gasteiger partial charge in [0.15, 0.2) is 0 Å². The second-order valence-electron chi connectivity index (χ2n) is 5.11. The zero-order valence-corrected chi connectivity index (χ0v) is 13.2. The average molecular weight is 343 g/mol. The van der Waals surface area contributed by atoms with Crippen molar-refractivity contribution in [3.63, 3.8) is 0 Å². The third kappa shape index (κ3) is 3.39. The van der Waals surface area contributed by atoms with Crippen LogP contribution < -0.4 is 5.32 Å². The molecule has 3 rings (SSSR count). The van der Waals surface area contributed by atoms with Crippen LogP contribution >= 0.6 is 11.3 Å². The van der Waals surface area contributed by atoms with Gasteiger partial charge in [0.1, 0.15) is 0 Å². The first kappa shape index (κ1) is 16.0. The normalized spacial score (nSPS) is 12.0. The van der Waals surface area contributed by atoms with Crippen molar-refractivity contribution in [2.75, 3.05) is 6.54 Å². The molecule has 0 aliphatic rings. The van der Waals surface area contributed by atoms with Gasteiger partial charge in [-0.05, 0) is 35.9 Å². The number of aliphatic hydroxyl groups is 1. The summed E-state index contributed by atoms with van der Waals surface area (Å²) in [6.07, 6.45) is -0.943. The Bertz CT molecular complexity index is 892. The molecular formula is C16H13N3O4S. The highest BCUT2D eigenvalue weighted by atomic mass is 32.1. The lowest BCUT2D eigenvalue weighted by atomic mass is 10.1. The monoisotopic (exact) mass is 343 g/mol. The summed E-state index contributed by atoms with van der Waals surface area (Å²) in [4.78, 5) is 26.4.